The van der Waals surface area contributed by atoms with E-state index in [1.165, 1.54) is 22.9 Å². The van der Waals surface area contributed by atoms with Gasteiger partial charge >= 0.3 is 0 Å². The summed E-state index contributed by atoms with van der Waals surface area (Å²) in [6.07, 6.45) is 2.14. The molecule has 0 saturated carbocycles. The maximum atomic E-state index is 12.5. The lowest BCUT2D eigenvalue weighted by Crippen LogP contribution is -2.06. The van der Waals surface area contributed by atoms with E-state index in [4.69, 9.17) is 0 Å². The number of nitrogens with zero attached hydrogens (tertiary/aromatic N) is 4. The van der Waals surface area contributed by atoms with Crippen molar-refractivity contribution in [2.24, 2.45) is 0 Å². The second-order valence-electron chi connectivity index (χ2n) is 6.25. The van der Waals surface area contributed by atoms with Gasteiger partial charge in [-0.2, -0.15) is 4.68 Å². The lowest BCUT2D eigenvalue weighted by atomic mass is 10.1. The minimum absolute atomic E-state index is 0.0774. The van der Waals surface area contributed by atoms with Crippen LogP contribution < -0.4 is 0 Å². The number of benzene rings is 2. The van der Waals surface area contributed by atoms with E-state index in [1.807, 2.05) is 43.3 Å². The summed E-state index contributed by atoms with van der Waals surface area (Å²) in [5.74, 6) is 0.381. The number of hydrogen-bond acceptors (Lipinski definition) is 5. The Morgan fingerprint density at radius 1 is 1.12 bits per heavy atom. The highest BCUT2D eigenvalue weighted by Crippen LogP contribution is 2.23. The van der Waals surface area contributed by atoms with Crippen LogP contribution in [0.1, 0.15) is 40.4 Å². The van der Waals surface area contributed by atoms with E-state index in [1.54, 1.807) is 4.68 Å². The fourth-order valence-electron chi connectivity index (χ4n) is 2.74. The van der Waals surface area contributed by atoms with E-state index in [9.17, 15) is 4.79 Å². The molecule has 3 aromatic rings. The fourth-order valence-corrected chi connectivity index (χ4v) is 3.52. The van der Waals surface area contributed by atoms with Gasteiger partial charge in [-0.05, 0) is 53.5 Å². The number of carbonyl (C=O) groups is 1. The molecule has 6 heteroatoms. The predicted octanol–water partition coefficient (Wildman–Crippen LogP) is 4.21. The largest absolute Gasteiger partial charge is 0.293 e. The number of tetrazole rings is 1. The monoisotopic (exact) mass is 366 g/mol. The Balaban J connectivity index is 1.72. The van der Waals surface area contributed by atoms with Gasteiger partial charge in [0.2, 0.25) is 5.16 Å². The normalized spacial score (nSPS) is 10.9. The van der Waals surface area contributed by atoms with Crippen molar-refractivity contribution in [2.75, 3.05) is 5.75 Å². The molecular weight excluding hydrogens is 344 g/mol. The van der Waals surface area contributed by atoms with Crippen LogP contribution in [0.5, 0.6) is 0 Å². The Kier molecular flexibility index (Phi) is 5.83. The number of ketones is 1. The summed E-state index contributed by atoms with van der Waals surface area (Å²) in [4.78, 5) is 12.5. The highest BCUT2D eigenvalue weighted by molar-refractivity contribution is 7.99. The van der Waals surface area contributed by atoms with E-state index in [2.05, 4.69) is 35.4 Å². The van der Waals surface area contributed by atoms with Crippen LogP contribution in [0.15, 0.2) is 47.6 Å². The van der Waals surface area contributed by atoms with Crippen molar-refractivity contribution in [3.05, 3.63) is 64.7 Å². The van der Waals surface area contributed by atoms with Crippen LogP contribution in [0.25, 0.3) is 5.69 Å². The zero-order valence-electron chi connectivity index (χ0n) is 15.3. The lowest BCUT2D eigenvalue weighted by Gasteiger charge is -2.09. The number of Topliss-reactive ketones (excluding diaryl/α,β-unsaturated/α-hetero) is 1. The minimum atomic E-state index is 0.0774. The Morgan fingerprint density at radius 2 is 1.88 bits per heavy atom. The zero-order chi connectivity index (χ0) is 18.5. The topological polar surface area (TPSA) is 60.7 Å². The van der Waals surface area contributed by atoms with Crippen LogP contribution in [0, 0.1) is 13.8 Å². The third-order valence-electron chi connectivity index (χ3n) is 4.39. The van der Waals surface area contributed by atoms with Gasteiger partial charge in [-0.1, -0.05) is 61.5 Å². The molecule has 134 valence electrons. The first kappa shape index (κ1) is 18.3. The van der Waals surface area contributed by atoms with Gasteiger partial charge in [0.05, 0.1) is 11.4 Å². The summed E-state index contributed by atoms with van der Waals surface area (Å²) >= 11 is 1.36. The Bertz CT molecular complexity index is 902. The Labute approximate surface area is 157 Å². The first-order valence-electron chi connectivity index (χ1n) is 8.70. The molecule has 0 aliphatic rings. The molecule has 2 aromatic carbocycles. The zero-order valence-corrected chi connectivity index (χ0v) is 16.1. The van der Waals surface area contributed by atoms with E-state index in [0.29, 0.717) is 10.9 Å². The highest BCUT2D eigenvalue weighted by Gasteiger charge is 2.14. The van der Waals surface area contributed by atoms with Crippen LogP contribution in [-0.2, 0) is 6.42 Å². The van der Waals surface area contributed by atoms with Crippen LogP contribution >= 0.6 is 11.8 Å². The molecule has 0 bridgehead atoms. The van der Waals surface area contributed by atoms with Crippen LogP contribution in [0.4, 0.5) is 0 Å². The number of rotatable bonds is 7. The van der Waals surface area contributed by atoms with Crippen molar-refractivity contribution < 1.29 is 4.79 Å². The quantitative estimate of drug-likeness (QED) is 0.463. The molecule has 0 spiro atoms. The third-order valence-corrected chi connectivity index (χ3v) is 5.31. The van der Waals surface area contributed by atoms with E-state index in [-0.39, 0.29) is 5.78 Å². The summed E-state index contributed by atoms with van der Waals surface area (Å²) < 4.78 is 1.70. The summed E-state index contributed by atoms with van der Waals surface area (Å²) in [5.41, 5.74) is 5.23. The summed E-state index contributed by atoms with van der Waals surface area (Å²) in [5, 5.41) is 12.6. The van der Waals surface area contributed by atoms with E-state index in [0.717, 1.165) is 29.7 Å². The number of carbonyl (C=O) groups excluding carboxylic acids is 1. The molecule has 1 heterocycles. The van der Waals surface area contributed by atoms with Crippen LogP contribution in [-0.4, -0.2) is 31.7 Å². The molecule has 3 rings (SSSR count). The molecule has 0 amide bonds. The van der Waals surface area contributed by atoms with Crippen molar-refractivity contribution in [1.29, 1.82) is 0 Å². The van der Waals surface area contributed by atoms with Gasteiger partial charge in [-0.15, -0.1) is 5.10 Å². The SMILES string of the molecule is CCCc1ccc(C(=O)CSc2nnnn2-c2cccc(C)c2C)cc1. The first-order chi connectivity index (χ1) is 12.6. The maximum absolute atomic E-state index is 12.5. The number of hydrogen-bond donors (Lipinski definition) is 0. The van der Waals surface area contributed by atoms with Gasteiger partial charge in [0.15, 0.2) is 5.78 Å². The average Bonchev–Trinajstić information content (AvgIpc) is 3.11. The maximum Gasteiger partial charge on any atom is 0.214 e. The molecule has 0 atom stereocenters. The van der Waals surface area contributed by atoms with Gasteiger partial charge in [-0.25, -0.2) is 0 Å². The molecule has 0 aliphatic heterocycles. The van der Waals surface area contributed by atoms with Crippen molar-refractivity contribution in [3.8, 4) is 5.69 Å². The average molecular weight is 366 g/mol. The van der Waals surface area contributed by atoms with Gasteiger partial charge in [0.25, 0.3) is 0 Å². The third kappa shape index (κ3) is 4.02. The van der Waals surface area contributed by atoms with Crippen molar-refractivity contribution >= 4 is 17.5 Å². The second-order valence-corrected chi connectivity index (χ2v) is 7.19. The smallest absolute Gasteiger partial charge is 0.214 e. The van der Waals surface area contributed by atoms with Gasteiger partial charge in [0.1, 0.15) is 0 Å². The molecular formula is C20H22N4OS. The number of aryl methyl sites for hydroxylation is 2. The molecule has 5 nitrogen and oxygen atoms in total. The van der Waals surface area contributed by atoms with Gasteiger partial charge in [0, 0.05) is 5.56 Å². The predicted molar refractivity (Wildman–Crippen MR) is 104 cm³/mol. The molecule has 1 aromatic heterocycles. The van der Waals surface area contributed by atoms with Crippen LogP contribution in [0.2, 0.25) is 0 Å². The summed E-state index contributed by atoms with van der Waals surface area (Å²) in [6, 6.07) is 13.9. The van der Waals surface area contributed by atoms with Crippen molar-refractivity contribution in [3.63, 3.8) is 0 Å². The van der Waals surface area contributed by atoms with Crippen molar-refractivity contribution in [1.82, 2.24) is 20.2 Å². The van der Waals surface area contributed by atoms with E-state index < -0.39 is 0 Å². The molecule has 0 aliphatic carbocycles. The van der Waals surface area contributed by atoms with E-state index >= 15 is 0 Å². The molecule has 0 fully saturated rings. The Hall–Kier alpha value is -2.47. The lowest BCUT2D eigenvalue weighted by molar-refractivity contribution is 0.102. The van der Waals surface area contributed by atoms with Crippen molar-refractivity contribution in [2.45, 2.75) is 38.8 Å². The molecule has 0 saturated heterocycles. The first-order valence-corrected chi connectivity index (χ1v) is 9.68. The standard InChI is InChI=1S/C20H22N4OS/c1-4-6-16-9-11-17(12-10-16)19(25)13-26-20-21-22-23-24(20)18-8-5-7-14(2)15(18)3/h5,7-12H,4,6,13H2,1-3H3. The Morgan fingerprint density at radius 3 is 2.62 bits per heavy atom. The summed E-state index contributed by atoms with van der Waals surface area (Å²) in [6.45, 7) is 6.25. The fraction of sp³-hybridized carbons (Fsp3) is 0.300. The number of aromatic nitrogens is 4. The second kappa shape index (κ2) is 8.27. The highest BCUT2D eigenvalue weighted by atomic mass is 32.2. The number of thioether (sulfide) groups is 1. The molecule has 26 heavy (non-hydrogen) atoms. The minimum Gasteiger partial charge on any atom is -0.293 e. The summed E-state index contributed by atoms with van der Waals surface area (Å²) in [7, 11) is 0. The van der Waals surface area contributed by atoms with Gasteiger partial charge in [-0.3, -0.25) is 4.79 Å². The molecule has 0 radical (unpaired) electrons. The molecule has 0 unspecified atom stereocenters. The van der Waals surface area contributed by atoms with Gasteiger partial charge < -0.3 is 0 Å². The van der Waals surface area contributed by atoms with Crippen LogP contribution in [0.3, 0.4) is 0 Å². The molecule has 0 N–H and O–H groups in total.